The van der Waals surface area contributed by atoms with Gasteiger partial charge >= 0.3 is 11.9 Å². The molecule has 5 rings (SSSR count). The molecule has 5 atom stereocenters. The molecule has 0 amide bonds. The van der Waals surface area contributed by atoms with Gasteiger partial charge in [0.05, 0.1) is 37.5 Å². The third kappa shape index (κ3) is 2.35. The molecule has 1 aromatic carbocycles. The summed E-state index contributed by atoms with van der Waals surface area (Å²) in [4.78, 5) is 24.8. The fourth-order valence-electron chi connectivity index (χ4n) is 4.57. The van der Waals surface area contributed by atoms with Gasteiger partial charge in [-0.1, -0.05) is 12.1 Å². The average Bonchev–Trinajstić information content (AvgIpc) is 3.33. The van der Waals surface area contributed by atoms with Gasteiger partial charge in [0.15, 0.2) is 17.1 Å². The molecule has 3 aliphatic heterocycles. The van der Waals surface area contributed by atoms with Crippen molar-refractivity contribution >= 4 is 18.0 Å². The predicted octanol–water partition coefficient (Wildman–Crippen LogP) is 1.69. The Morgan fingerprint density at radius 1 is 1.31 bits per heavy atom. The minimum Gasteiger partial charge on any atom is -0.504 e. The van der Waals surface area contributed by atoms with Crippen molar-refractivity contribution < 1.29 is 38.4 Å². The van der Waals surface area contributed by atoms with Crippen LogP contribution in [0.5, 0.6) is 11.5 Å². The Balaban J connectivity index is 1.52. The van der Waals surface area contributed by atoms with Crippen molar-refractivity contribution in [3.05, 3.63) is 53.3 Å². The molecular weight excluding hydrogens is 380 g/mol. The molecule has 1 N–H and O–H groups in total. The molecule has 1 aromatic rings. The maximum absolute atomic E-state index is 12.7. The lowest BCUT2D eigenvalue weighted by atomic mass is 9.78. The van der Waals surface area contributed by atoms with E-state index in [1.165, 1.54) is 26.5 Å². The van der Waals surface area contributed by atoms with Crippen LogP contribution >= 0.6 is 0 Å². The second-order valence-electron chi connectivity index (χ2n) is 7.27. The van der Waals surface area contributed by atoms with E-state index in [9.17, 15) is 14.7 Å². The zero-order chi connectivity index (χ0) is 20.3. The van der Waals surface area contributed by atoms with Crippen molar-refractivity contribution in [2.75, 3.05) is 14.2 Å². The van der Waals surface area contributed by atoms with Gasteiger partial charge in [-0.2, -0.15) is 0 Å². The lowest BCUT2D eigenvalue weighted by molar-refractivity contribution is -0.152. The van der Waals surface area contributed by atoms with Gasteiger partial charge in [0.1, 0.15) is 6.10 Å². The Kier molecular flexibility index (Phi) is 3.76. The third-order valence-corrected chi connectivity index (χ3v) is 5.87. The van der Waals surface area contributed by atoms with Gasteiger partial charge in [-0.15, -0.1) is 0 Å². The normalized spacial score (nSPS) is 34.9. The van der Waals surface area contributed by atoms with E-state index in [-0.39, 0.29) is 23.3 Å². The van der Waals surface area contributed by atoms with E-state index in [0.717, 1.165) is 0 Å². The van der Waals surface area contributed by atoms with Gasteiger partial charge in [0.2, 0.25) is 6.29 Å². The summed E-state index contributed by atoms with van der Waals surface area (Å²) >= 11 is 0. The first kappa shape index (κ1) is 17.8. The summed E-state index contributed by atoms with van der Waals surface area (Å²) < 4.78 is 27.4. The molecule has 150 valence electrons. The van der Waals surface area contributed by atoms with Crippen LogP contribution in [0.15, 0.2) is 47.8 Å². The minimum absolute atomic E-state index is 0.000336. The SMILES string of the molecule is COC(=O)C1=COC2OC3/C(=C/c4ccc(O)c(OC)c4)C(=O)OC34C=CC1C24. The lowest BCUT2D eigenvalue weighted by Crippen LogP contribution is -2.43. The molecule has 8 nitrogen and oxygen atoms in total. The zero-order valence-corrected chi connectivity index (χ0v) is 15.7. The number of hydrogen-bond donors (Lipinski definition) is 1. The highest BCUT2D eigenvalue weighted by Crippen LogP contribution is 2.58. The second-order valence-corrected chi connectivity index (χ2v) is 7.27. The van der Waals surface area contributed by atoms with E-state index in [2.05, 4.69) is 0 Å². The quantitative estimate of drug-likeness (QED) is 0.467. The number of phenols is 1. The van der Waals surface area contributed by atoms with Crippen LogP contribution in [0.1, 0.15) is 5.56 Å². The maximum atomic E-state index is 12.7. The summed E-state index contributed by atoms with van der Waals surface area (Å²) in [6.07, 6.45) is 5.30. The van der Waals surface area contributed by atoms with Crippen molar-refractivity contribution in [1.29, 1.82) is 0 Å². The first-order valence-electron chi connectivity index (χ1n) is 9.09. The first-order chi connectivity index (χ1) is 14.0. The van der Waals surface area contributed by atoms with Gasteiger partial charge in [-0.25, -0.2) is 9.59 Å². The van der Waals surface area contributed by atoms with Crippen LogP contribution in [0.2, 0.25) is 0 Å². The molecule has 0 saturated carbocycles. The monoisotopic (exact) mass is 398 g/mol. The number of carbonyl (C=O) groups excluding carboxylic acids is 2. The molecule has 2 fully saturated rings. The number of allylic oxidation sites excluding steroid dienone is 1. The Bertz CT molecular complexity index is 1010. The predicted molar refractivity (Wildman–Crippen MR) is 97.4 cm³/mol. The highest BCUT2D eigenvalue weighted by atomic mass is 16.7. The molecule has 2 saturated heterocycles. The number of methoxy groups -OCH3 is 2. The highest BCUT2D eigenvalue weighted by molar-refractivity contribution is 5.99. The van der Waals surface area contributed by atoms with Gasteiger partial charge < -0.3 is 28.8 Å². The van der Waals surface area contributed by atoms with Crippen molar-refractivity contribution in [3.63, 3.8) is 0 Å². The number of benzene rings is 1. The summed E-state index contributed by atoms with van der Waals surface area (Å²) in [6, 6.07) is 4.76. The van der Waals surface area contributed by atoms with Crippen molar-refractivity contribution in [2.45, 2.75) is 18.0 Å². The molecule has 0 bridgehead atoms. The fraction of sp³-hybridized carbons (Fsp3) is 0.333. The van der Waals surface area contributed by atoms with E-state index in [0.29, 0.717) is 16.7 Å². The number of ether oxygens (including phenoxy) is 5. The number of aromatic hydroxyl groups is 1. The minimum atomic E-state index is -1.03. The molecular formula is C21H18O8. The summed E-state index contributed by atoms with van der Waals surface area (Å²) in [6.45, 7) is 0. The van der Waals surface area contributed by atoms with Gasteiger partial charge in [0.25, 0.3) is 0 Å². The molecule has 0 radical (unpaired) electrons. The van der Waals surface area contributed by atoms with Crippen molar-refractivity contribution in [3.8, 4) is 11.5 Å². The molecule has 29 heavy (non-hydrogen) atoms. The van der Waals surface area contributed by atoms with E-state index in [1.54, 1.807) is 24.3 Å². The molecule has 1 aliphatic carbocycles. The number of rotatable bonds is 3. The number of hydrogen-bond acceptors (Lipinski definition) is 8. The molecule has 4 aliphatic rings. The highest BCUT2D eigenvalue weighted by Gasteiger charge is 2.70. The van der Waals surface area contributed by atoms with Crippen molar-refractivity contribution in [1.82, 2.24) is 0 Å². The van der Waals surface area contributed by atoms with Gasteiger partial charge in [-0.05, 0) is 29.8 Å². The number of esters is 2. The van der Waals surface area contributed by atoms with Crippen LogP contribution < -0.4 is 4.74 Å². The van der Waals surface area contributed by atoms with Crippen LogP contribution in [0.4, 0.5) is 0 Å². The lowest BCUT2D eigenvalue weighted by Gasteiger charge is -2.32. The van der Waals surface area contributed by atoms with Crippen LogP contribution in [0.3, 0.4) is 0 Å². The molecule has 0 aromatic heterocycles. The third-order valence-electron chi connectivity index (χ3n) is 5.87. The summed E-state index contributed by atoms with van der Waals surface area (Å²) in [7, 11) is 2.75. The van der Waals surface area contributed by atoms with Crippen LogP contribution in [0, 0.1) is 11.8 Å². The van der Waals surface area contributed by atoms with Crippen LogP contribution in [-0.2, 0) is 28.5 Å². The zero-order valence-electron chi connectivity index (χ0n) is 15.7. The smallest absolute Gasteiger partial charge is 0.337 e. The molecule has 8 heteroatoms. The Morgan fingerprint density at radius 3 is 2.90 bits per heavy atom. The van der Waals surface area contributed by atoms with Gasteiger partial charge in [0, 0.05) is 5.92 Å². The maximum Gasteiger partial charge on any atom is 0.337 e. The average molecular weight is 398 g/mol. The molecule has 3 heterocycles. The molecule has 5 unspecified atom stereocenters. The van der Waals surface area contributed by atoms with Crippen LogP contribution in [-0.4, -0.2) is 49.3 Å². The van der Waals surface area contributed by atoms with E-state index >= 15 is 0 Å². The van der Waals surface area contributed by atoms with Crippen LogP contribution in [0.25, 0.3) is 6.08 Å². The summed E-state index contributed by atoms with van der Waals surface area (Å²) in [5, 5.41) is 9.78. The standard InChI is InChI=1S/C21H18O8/c1-25-15-8-10(3-4-14(15)22)7-12-17-21(29-19(12)24)6-5-11-13(18(23)26-2)9-27-20(28-17)16(11)21/h3-9,11,16-17,20,22H,1-2H3/b12-7-. The van der Waals surface area contributed by atoms with E-state index in [1.807, 2.05) is 6.08 Å². The summed E-state index contributed by atoms with van der Waals surface area (Å²) in [5.74, 6) is -1.41. The van der Waals surface area contributed by atoms with Crippen molar-refractivity contribution in [2.24, 2.45) is 11.8 Å². The van der Waals surface area contributed by atoms with E-state index in [4.69, 9.17) is 23.7 Å². The second kappa shape index (κ2) is 6.12. The Morgan fingerprint density at radius 2 is 2.14 bits per heavy atom. The first-order valence-corrected chi connectivity index (χ1v) is 9.09. The van der Waals surface area contributed by atoms with E-state index < -0.39 is 29.9 Å². The Hall–Kier alpha value is -3.26. The fourth-order valence-corrected chi connectivity index (χ4v) is 4.57. The summed E-state index contributed by atoms with van der Waals surface area (Å²) in [5.41, 5.74) is 0.311. The Labute approximate surface area is 165 Å². The van der Waals surface area contributed by atoms with Gasteiger partial charge in [-0.3, -0.25) is 0 Å². The number of carbonyl (C=O) groups is 2. The molecule has 1 spiro atoms. The largest absolute Gasteiger partial charge is 0.504 e. The number of phenolic OH excluding ortho intramolecular Hbond substituents is 1. The topological polar surface area (TPSA) is 101 Å².